The Kier molecular flexibility index (Phi) is 6.02. The van der Waals surface area contributed by atoms with Gasteiger partial charge in [0.15, 0.2) is 0 Å². The first-order valence-electron chi connectivity index (χ1n) is 8.72. The van der Waals surface area contributed by atoms with Gasteiger partial charge in [-0.15, -0.1) is 11.3 Å². The van der Waals surface area contributed by atoms with Crippen molar-refractivity contribution >= 4 is 22.9 Å². The second-order valence-electron chi connectivity index (χ2n) is 6.17. The van der Waals surface area contributed by atoms with Crippen LogP contribution in [0.4, 0.5) is 5.69 Å². The third-order valence-corrected chi connectivity index (χ3v) is 5.38. The van der Waals surface area contributed by atoms with Gasteiger partial charge in [0.25, 0.3) is 5.91 Å². The first kappa shape index (κ1) is 18.1. The lowest BCUT2D eigenvalue weighted by Crippen LogP contribution is -2.28. The van der Waals surface area contributed by atoms with Crippen LogP contribution < -0.4 is 10.2 Å². The maximum atomic E-state index is 12.5. The molecule has 5 heteroatoms. The number of para-hydroxylation sites is 1. The Bertz CT molecular complexity index is 846. The van der Waals surface area contributed by atoms with Crippen molar-refractivity contribution < 1.29 is 4.79 Å². The number of aryl methyl sites for hydroxylation is 1. The molecule has 2 aromatic carbocycles. The van der Waals surface area contributed by atoms with E-state index in [0.29, 0.717) is 11.4 Å². The average Bonchev–Trinajstić information content (AvgIpc) is 3.08. The van der Waals surface area contributed by atoms with Gasteiger partial charge >= 0.3 is 0 Å². The normalized spacial score (nSPS) is 10.5. The Hall–Kier alpha value is -2.66. The number of anilines is 1. The van der Waals surface area contributed by atoms with Crippen molar-refractivity contribution in [3.05, 3.63) is 71.2 Å². The summed E-state index contributed by atoms with van der Waals surface area (Å²) in [6, 6.07) is 20.2. The van der Waals surface area contributed by atoms with Gasteiger partial charge in [0.1, 0.15) is 9.88 Å². The van der Waals surface area contributed by atoms with E-state index >= 15 is 0 Å². The molecule has 0 saturated carbocycles. The van der Waals surface area contributed by atoms with Crippen LogP contribution in [0.5, 0.6) is 0 Å². The van der Waals surface area contributed by atoms with Crippen molar-refractivity contribution in [3.63, 3.8) is 0 Å². The first-order chi connectivity index (χ1) is 12.6. The fourth-order valence-electron chi connectivity index (χ4n) is 2.72. The molecule has 0 aliphatic heterocycles. The Morgan fingerprint density at radius 2 is 1.73 bits per heavy atom. The summed E-state index contributed by atoms with van der Waals surface area (Å²) >= 11 is 1.45. The molecule has 0 radical (unpaired) electrons. The van der Waals surface area contributed by atoms with E-state index in [1.807, 2.05) is 55.5 Å². The Morgan fingerprint density at radius 1 is 1.08 bits per heavy atom. The predicted molar refractivity (Wildman–Crippen MR) is 109 cm³/mol. The van der Waals surface area contributed by atoms with E-state index in [1.165, 1.54) is 17.0 Å². The number of nitrogens with zero attached hydrogens (tertiary/aromatic N) is 2. The van der Waals surface area contributed by atoms with E-state index in [1.54, 1.807) is 0 Å². The minimum Gasteiger partial charge on any atom is -0.375 e. The van der Waals surface area contributed by atoms with Crippen LogP contribution in [-0.4, -0.2) is 31.0 Å². The molecule has 1 amide bonds. The number of carbonyl (C=O) groups is 1. The maximum Gasteiger partial charge on any atom is 0.263 e. The van der Waals surface area contributed by atoms with E-state index in [-0.39, 0.29) is 5.91 Å². The summed E-state index contributed by atoms with van der Waals surface area (Å²) < 4.78 is 0. The Balaban J connectivity index is 1.52. The summed E-state index contributed by atoms with van der Waals surface area (Å²) in [6.45, 7) is 3.43. The molecule has 3 rings (SSSR count). The molecule has 1 aromatic heterocycles. The zero-order valence-corrected chi connectivity index (χ0v) is 15.9. The summed E-state index contributed by atoms with van der Waals surface area (Å²) in [5, 5.41) is 3.90. The molecule has 0 saturated heterocycles. The molecule has 3 aromatic rings. The fraction of sp³-hybridized carbons (Fsp3) is 0.238. The molecule has 1 N–H and O–H groups in total. The maximum absolute atomic E-state index is 12.5. The van der Waals surface area contributed by atoms with Gasteiger partial charge in [0.2, 0.25) is 0 Å². The third kappa shape index (κ3) is 4.49. The van der Waals surface area contributed by atoms with Crippen molar-refractivity contribution in [3.8, 4) is 10.6 Å². The second-order valence-corrected chi connectivity index (χ2v) is 7.17. The molecule has 0 spiro atoms. The van der Waals surface area contributed by atoms with Gasteiger partial charge in [-0.2, -0.15) is 0 Å². The van der Waals surface area contributed by atoms with Gasteiger partial charge in [0.05, 0.1) is 5.69 Å². The molecule has 0 aliphatic rings. The van der Waals surface area contributed by atoms with Crippen LogP contribution in [0.3, 0.4) is 0 Å². The highest BCUT2D eigenvalue weighted by Gasteiger charge is 2.15. The fourth-order valence-corrected chi connectivity index (χ4v) is 3.71. The number of aromatic nitrogens is 1. The molecule has 0 fully saturated rings. The molecule has 1 heterocycles. The highest BCUT2D eigenvalue weighted by atomic mass is 32.1. The van der Waals surface area contributed by atoms with Crippen LogP contribution >= 0.6 is 11.3 Å². The minimum absolute atomic E-state index is 0.0375. The molecular formula is C21H23N3OS. The van der Waals surface area contributed by atoms with Crippen molar-refractivity contribution in [1.29, 1.82) is 0 Å². The summed E-state index contributed by atoms with van der Waals surface area (Å²) in [5.74, 6) is -0.0375. The number of thiazole rings is 1. The van der Waals surface area contributed by atoms with Gasteiger partial charge in [-0.1, -0.05) is 48.5 Å². The first-order valence-corrected chi connectivity index (χ1v) is 9.54. The lowest BCUT2D eigenvalue weighted by atomic mass is 10.2. The van der Waals surface area contributed by atoms with Gasteiger partial charge in [0, 0.05) is 31.4 Å². The molecule has 0 aliphatic carbocycles. The summed E-state index contributed by atoms with van der Waals surface area (Å²) in [7, 11) is 2.07. The van der Waals surface area contributed by atoms with E-state index in [0.717, 1.165) is 29.2 Å². The molecule has 0 bridgehead atoms. The Labute approximate surface area is 158 Å². The van der Waals surface area contributed by atoms with Crippen LogP contribution in [0.25, 0.3) is 10.6 Å². The molecule has 26 heavy (non-hydrogen) atoms. The number of rotatable bonds is 7. The van der Waals surface area contributed by atoms with E-state index in [4.69, 9.17) is 0 Å². The summed E-state index contributed by atoms with van der Waals surface area (Å²) in [4.78, 5) is 19.9. The average molecular weight is 366 g/mol. The zero-order chi connectivity index (χ0) is 18.4. The van der Waals surface area contributed by atoms with Crippen LogP contribution in [0, 0.1) is 6.92 Å². The number of nitrogens with one attached hydrogen (secondary N) is 1. The highest BCUT2D eigenvalue weighted by Crippen LogP contribution is 2.27. The smallest absolute Gasteiger partial charge is 0.263 e. The predicted octanol–water partition coefficient (Wildman–Crippen LogP) is 4.37. The highest BCUT2D eigenvalue weighted by molar-refractivity contribution is 7.17. The van der Waals surface area contributed by atoms with Crippen LogP contribution in [-0.2, 0) is 0 Å². The van der Waals surface area contributed by atoms with Crippen LogP contribution in [0.2, 0.25) is 0 Å². The van der Waals surface area contributed by atoms with Gasteiger partial charge < -0.3 is 10.2 Å². The molecule has 4 nitrogen and oxygen atoms in total. The Morgan fingerprint density at radius 3 is 2.42 bits per heavy atom. The standard InChI is InChI=1S/C21H23N3OS/c1-16-19(26-21(23-16)17-10-5-3-6-11-17)20(25)22-14-9-15-24(2)18-12-7-4-8-13-18/h3-8,10-13H,9,14-15H2,1-2H3,(H,22,25). The van der Waals surface area contributed by atoms with E-state index in [9.17, 15) is 4.79 Å². The van der Waals surface area contributed by atoms with E-state index < -0.39 is 0 Å². The topological polar surface area (TPSA) is 45.2 Å². The SMILES string of the molecule is Cc1nc(-c2ccccc2)sc1C(=O)NCCCN(C)c1ccccc1. The zero-order valence-electron chi connectivity index (χ0n) is 15.1. The summed E-state index contributed by atoms with van der Waals surface area (Å²) in [5.41, 5.74) is 3.02. The van der Waals surface area contributed by atoms with Crippen molar-refractivity contribution in [1.82, 2.24) is 10.3 Å². The van der Waals surface area contributed by atoms with Crippen LogP contribution in [0.1, 0.15) is 21.8 Å². The monoisotopic (exact) mass is 365 g/mol. The molecule has 134 valence electrons. The lowest BCUT2D eigenvalue weighted by Gasteiger charge is -2.19. The van der Waals surface area contributed by atoms with Crippen molar-refractivity contribution in [2.75, 3.05) is 25.0 Å². The molecular weight excluding hydrogens is 342 g/mol. The van der Waals surface area contributed by atoms with Gasteiger partial charge in [-0.05, 0) is 25.5 Å². The minimum atomic E-state index is -0.0375. The number of hydrogen-bond acceptors (Lipinski definition) is 4. The third-order valence-electron chi connectivity index (χ3n) is 4.18. The number of amides is 1. The van der Waals surface area contributed by atoms with Gasteiger partial charge in [-0.25, -0.2) is 4.98 Å². The second kappa shape index (κ2) is 8.63. The lowest BCUT2D eigenvalue weighted by molar-refractivity contribution is 0.0956. The number of benzene rings is 2. The van der Waals surface area contributed by atoms with Crippen molar-refractivity contribution in [2.45, 2.75) is 13.3 Å². The van der Waals surface area contributed by atoms with Crippen molar-refractivity contribution in [2.24, 2.45) is 0 Å². The summed E-state index contributed by atoms with van der Waals surface area (Å²) in [6.07, 6.45) is 0.889. The van der Waals surface area contributed by atoms with Crippen LogP contribution in [0.15, 0.2) is 60.7 Å². The largest absolute Gasteiger partial charge is 0.375 e. The van der Waals surface area contributed by atoms with Gasteiger partial charge in [-0.3, -0.25) is 4.79 Å². The van der Waals surface area contributed by atoms with E-state index in [2.05, 4.69) is 34.4 Å². The molecule has 0 unspecified atom stereocenters. The molecule has 0 atom stereocenters. The number of hydrogen-bond donors (Lipinski definition) is 1. The quantitative estimate of drug-likeness (QED) is 0.632. The number of carbonyl (C=O) groups excluding carboxylic acids is 1.